The van der Waals surface area contributed by atoms with Crippen molar-refractivity contribution in [3.05, 3.63) is 49.1 Å². The van der Waals surface area contributed by atoms with Crippen molar-refractivity contribution in [3.63, 3.8) is 0 Å². The minimum atomic E-state index is -0.235. The third-order valence-corrected chi connectivity index (χ3v) is 5.00. The first-order valence-electron chi connectivity index (χ1n) is 7.61. The van der Waals surface area contributed by atoms with E-state index in [4.69, 9.17) is 0 Å². The Bertz CT molecular complexity index is 1030. The summed E-state index contributed by atoms with van der Waals surface area (Å²) in [6.45, 7) is 4.48. The van der Waals surface area contributed by atoms with Crippen LogP contribution in [0.5, 0.6) is 0 Å². The van der Waals surface area contributed by atoms with Gasteiger partial charge in [-0.3, -0.25) is 3.96 Å². The monoisotopic (exact) mass is 341 g/mol. The second-order valence-corrected chi connectivity index (χ2v) is 6.38. The van der Waals surface area contributed by atoms with Crippen LogP contribution >= 0.6 is 11.5 Å². The van der Waals surface area contributed by atoms with Crippen molar-refractivity contribution in [3.8, 4) is 0 Å². The summed E-state index contributed by atoms with van der Waals surface area (Å²) in [5.41, 5.74) is 3.88. The minimum absolute atomic E-state index is 0.235. The molecule has 0 amide bonds. The number of imidazole rings is 1. The topological polar surface area (TPSA) is 47.7 Å². The van der Waals surface area contributed by atoms with Crippen LogP contribution in [0.4, 0.5) is 10.2 Å². The van der Waals surface area contributed by atoms with Crippen LogP contribution < -0.4 is 5.32 Å². The van der Waals surface area contributed by atoms with E-state index in [0.717, 1.165) is 32.9 Å². The number of pyridine rings is 1. The molecule has 0 unspecified atom stereocenters. The lowest BCUT2D eigenvalue weighted by Crippen LogP contribution is -2.06. The van der Waals surface area contributed by atoms with Crippen molar-refractivity contribution in [2.75, 3.05) is 12.4 Å². The van der Waals surface area contributed by atoms with Crippen molar-refractivity contribution in [1.82, 2.24) is 18.5 Å². The molecule has 3 aromatic heterocycles. The first kappa shape index (κ1) is 14.9. The molecule has 5 nitrogen and oxygen atoms in total. The highest BCUT2D eigenvalue weighted by Crippen LogP contribution is 2.37. The summed E-state index contributed by atoms with van der Waals surface area (Å²) < 4.78 is 17.6. The van der Waals surface area contributed by atoms with Gasteiger partial charge in [-0.25, -0.2) is 14.4 Å². The number of rotatable bonds is 4. The Labute approximate surface area is 142 Å². The van der Waals surface area contributed by atoms with Crippen LogP contribution in [0, 0.1) is 0 Å². The lowest BCUT2D eigenvalue weighted by atomic mass is 10.2. The summed E-state index contributed by atoms with van der Waals surface area (Å²) in [7, 11) is 1.84. The van der Waals surface area contributed by atoms with Gasteiger partial charge in [-0.1, -0.05) is 12.2 Å². The van der Waals surface area contributed by atoms with Crippen LogP contribution in [0.15, 0.2) is 49.1 Å². The SMILES string of the molecule is C=CCn1cnc2c(NC)nc3sn(C4=CC=C(F)C=CC4)c3c21. The standard InChI is InChI=1S/C17H16FN5S/c1-3-9-22-10-20-13-14(22)15-17(21-16(13)19-2)24-23(15)12-6-4-5-11(18)7-8-12/h3-5,7-8,10H,1,6,9H2,2H3,(H,19,21). The Hall–Kier alpha value is -2.67. The minimum Gasteiger partial charge on any atom is -0.371 e. The lowest BCUT2D eigenvalue weighted by Gasteiger charge is -2.18. The van der Waals surface area contributed by atoms with E-state index >= 15 is 0 Å². The first-order chi connectivity index (χ1) is 11.7. The molecule has 1 aliphatic carbocycles. The number of nitrogens with one attached hydrogen (secondary N) is 1. The summed E-state index contributed by atoms with van der Waals surface area (Å²) in [6, 6.07) is 0. The highest BCUT2D eigenvalue weighted by molar-refractivity contribution is 7.16. The quantitative estimate of drug-likeness (QED) is 0.719. The maximum atomic E-state index is 13.4. The van der Waals surface area contributed by atoms with Crippen LogP contribution in [0.2, 0.25) is 0 Å². The van der Waals surface area contributed by atoms with Gasteiger partial charge < -0.3 is 9.88 Å². The van der Waals surface area contributed by atoms with Gasteiger partial charge in [0, 0.05) is 25.7 Å². The predicted octanol–water partition coefficient (Wildman–Crippen LogP) is 4.33. The van der Waals surface area contributed by atoms with Gasteiger partial charge in [0.05, 0.1) is 6.33 Å². The van der Waals surface area contributed by atoms with Gasteiger partial charge in [0.1, 0.15) is 22.4 Å². The van der Waals surface area contributed by atoms with Crippen molar-refractivity contribution in [2.24, 2.45) is 0 Å². The molecule has 0 atom stereocenters. The maximum Gasteiger partial charge on any atom is 0.162 e. The number of fused-ring (bicyclic) bond motifs is 3. The smallest absolute Gasteiger partial charge is 0.162 e. The van der Waals surface area contributed by atoms with Crippen LogP contribution in [0.1, 0.15) is 6.42 Å². The molecule has 0 saturated heterocycles. The highest BCUT2D eigenvalue weighted by Gasteiger charge is 2.21. The van der Waals surface area contributed by atoms with E-state index in [0.29, 0.717) is 13.0 Å². The van der Waals surface area contributed by atoms with Gasteiger partial charge in [-0.05, 0) is 29.8 Å². The fourth-order valence-corrected chi connectivity index (χ4v) is 3.81. The van der Waals surface area contributed by atoms with Crippen LogP contribution in [-0.2, 0) is 6.54 Å². The van der Waals surface area contributed by atoms with Crippen LogP contribution in [0.25, 0.3) is 27.1 Å². The van der Waals surface area contributed by atoms with E-state index in [2.05, 4.69) is 30.4 Å². The zero-order valence-corrected chi connectivity index (χ0v) is 14.0. The number of aromatic nitrogens is 4. The number of anilines is 1. The third-order valence-electron chi connectivity index (χ3n) is 3.95. The summed E-state index contributed by atoms with van der Waals surface area (Å²) in [4.78, 5) is 10.1. The average Bonchev–Trinajstić information content (AvgIpc) is 2.83. The van der Waals surface area contributed by atoms with Crippen molar-refractivity contribution < 1.29 is 4.39 Å². The largest absolute Gasteiger partial charge is 0.371 e. The molecule has 0 saturated carbocycles. The van der Waals surface area contributed by atoms with E-state index in [-0.39, 0.29) is 5.83 Å². The number of halogens is 1. The van der Waals surface area contributed by atoms with Crippen molar-refractivity contribution in [2.45, 2.75) is 13.0 Å². The molecule has 1 aliphatic rings. The highest BCUT2D eigenvalue weighted by atomic mass is 32.1. The summed E-state index contributed by atoms with van der Waals surface area (Å²) in [5.74, 6) is 0.528. The van der Waals surface area contributed by atoms with Crippen molar-refractivity contribution in [1.29, 1.82) is 0 Å². The van der Waals surface area contributed by atoms with Gasteiger partial charge in [-0.15, -0.1) is 6.58 Å². The first-order valence-corrected chi connectivity index (χ1v) is 8.38. The second kappa shape index (κ2) is 5.76. The Kier molecular flexibility index (Phi) is 3.57. The fourth-order valence-electron chi connectivity index (χ4n) is 2.85. The molecular formula is C17H16FN5S. The molecule has 1 N–H and O–H groups in total. The van der Waals surface area contributed by atoms with Crippen molar-refractivity contribution >= 4 is 44.4 Å². The number of hydrogen-bond donors (Lipinski definition) is 1. The molecule has 0 bridgehead atoms. The Morgan fingerprint density at radius 2 is 2.29 bits per heavy atom. The lowest BCUT2D eigenvalue weighted by molar-refractivity contribution is 0.667. The molecule has 0 fully saturated rings. The molecular weight excluding hydrogens is 325 g/mol. The van der Waals surface area contributed by atoms with Crippen LogP contribution in [0.3, 0.4) is 0 Å². The molecule has 122 valence electrons. The molecule has 24 heavy (non-hydrogen) atoms. The Morgan fingerprint density at radius 1 is 1.42 bits per heavy atom. The molecule has 3 heterocycles. The van der Waals surface area contributed by atoms with Gasteiger partial charge in [0.2, 0.25) is 0 Å². The second-order valence-electron chi connectivity index (χ2n) is 5.45. The zero-order chi connectivity index (χ0) is 16.7. The molecule has 7 heteroatoms. The number of hydrogen-bond acceptors (Lipinski definition) is 4. The van der Waals surface area contributed by atoms with E-state index in [1.807, 2.05) is 25.3 Å². The van der Waals surface area contributed by atoms with Gasteiger partial charge in [0.25, 0.3) is 0 Å². The Morgan fingerprint density at radius 3 is 3.08 bits per heavy atom. The Balaban J connectivity index is 1.97. The summed E-state index contributed by atoms with van der Waals surface area (Å²) >= 11 is 1.55. The van der Waals surface area contributed by atoms with E-state index < -0.39 is 0 Å². The van der Waals surface area contributed by atoms with Gasteiger partial charge >= 0.3 is 0 Å². The number of allylic oxidation sites excluding steroid dienone is 7. The molecule has 0 aromatic carbocycles. The van der Waals surface area contributed by atoms with E-state index in [1.54, 1.807) is 17.9 Å². The average molecular weight is 341 g/mol. The molecule has 0 radical (unpaired) electrons. The van der Waals surface area contributed by atoms with Crippen LogP contribution in [-0.4, -0.2) is 25.5 Å². The fraction of sp³-hybridized carbons (Fsp3) is 0.176. The van der Waals surface area contributed by atoms with E-state index in [1.165, 1.54) is 12.2 Å². The predicted molar refractivity (Wildman–Crippen MR) is 97.9 cm³/mol. The van der Waals surface area contributed by atoms with Gasteiger partial charge in [-0.2, -0.15) is 0 Å². The summed E-state index contributed by atoms with van der Waals surface area (Å²) in [5, 5.41) is 3.11. The number of nitrogens with zero attached hydrogens (tertiary/aromatic N) is 4. The van der Waals surface area contributed by atoms with Gasteiger partial charge in [0.15, 0.2) is 10.6 Å². The molecule has 3 aromatic rings. The zero-order valence-electron chi connectivity index (χ0n) is 13.2. The maximum absolute atomic E-state index is 13.4. The molecule has 0 spiro atoms. The molecule has 0 aliphatic heterocycles. The summed E-state index contributed by atoms with van der Waals surface area (Å²) in [6.07, 6.45) is 10.9. The normalized spacial score (nSPS) is 14.8. The van der Waals surface area contributed by atoms with E-state index in [9.17, 15) is 4.39 Å². The molecule has 4 rings (SSSR count). The third kappa shape index (κ3) is 2.20.